The molecule has 4 rings (SSSR count). The highest BCUT2D eigenvalue weighted by atomic mass is 32.1. The Kier molecular flexibility index (Phi) is 6.60. The van der Waals surface area contributed by atoms with Crippen molar-refractivity contribution in [3.05, 3.63) is 59.9 Å². The Labute approximate surface area is 179 Å². The van der Waals surface area contributed by atoms with Crippen molar-refractivity contribution in [2.75, 3.05) is 17.7 Å². The first kappa shape index (κ1) is 20.4. The van der Waals surface area contributed by atoms with Crippen LogP contribution in [-0.2, 0) is 9.53 Å². The van der Waals surface area contributed by atoms with Gasteiger partial charge in [-0.15, -0.1) is 10.2 Å². The van der Waals surface area contributed by atoms with Gasteiger partial charge in [0.2, 0.25) is 10.3 Å². The Bertz CT molecular complexity index is 944. The predicted molar refractivity (Wildman–Crippen MR) is 115 cm³/mol. The minimum absolute atomic E-state index is 0.268. The first-order chi connectivity index (χ1) is 14.7. The zero-order chi connectivity index (χ0) is 20.8. The molecule has 156 valence electrons. The van der Waals surface area contributed by atoms with E-state index in [9.17, 15) is 4.79 Å². The number of methoxy groups -OCH3 is 1. The predicted octanol–water partition coefficient (Wildman–Crippen LogP) is 3.79. The topological polar surface area (TPSA) is 102 Å². The quantitative estimate of drug-likeness (QED) is 0.595. The average molecular weight is 425 g/mol. The van der Waals surface area contributed by atoms with Crippen molar-refractivity contribution in [3.8, 4) is 0 Å². The Morgan fingerprint density at radius 3 is 2.50 bits per heavy atom. The number of ether oxygens (including phenoxy) is 1. The maximum atomic E-state index is 12.6. The summed E-state index contributed by atoms with van der Waals surface area (Å²) in [5.74, 6) is 0.195. The van der Waals surface area contributed by atoms with Gasteiger partial charge in [-0.2, -0.15) is 10.2 Å². The maximum absolute atomic E-state index is 12.6. The molecule has 2 heterocycles. The highest BCUT2D eigenvalue weighted by molar-refractivity contribution is 7.19. The van der Waals surface area contributed by atoms with Crippen molar-refractivity contribution in [1.82, 2.24) is 20.4 Å². The van der Waals surface area contributed by atoms with Crippen molar-refractivity contribution in [1.29, 1.82) is 0 Å². The van der Waals surface area contributed by atoms with E-state index >= 15 is 0 Å². The lowest BCUT2D eigenvalue weighted by Crippen LogP contribution is -2.25. The number of amides is 1. The summed E-state index contributed by atoms with van der Waals surface area (Å²) in [5, 5.41) is 23.9. The van der Waals surface area contributed by atoms with Gasteiger partial charge in [0, 0.05) is 25.3 Å². The molecule has 0 spiro atoms. The first-order valence-electron chi connectivity index (χ1n) is 9.99. The fourth-order valence-electron chi connectivity index (χ4n) is 3.76. The van der Waals surface area contributed by atoms with Crippen LogP contribution >= 0.6 is 11.3 Å². The fraction of sp³-hybridized carbons (Fsp3) is 0.381. The number of anilines is 2. The highest BCUT2D eigenvalue weighted by Gasteiger charge is 2.25. The molecule has 0 saturated heterocycles. The molecule has 30 heavy (non-hydrogen) atoms. The SMILES string of the molecule is COC(C(=O)Nc1nnc(NC2CCC(c3cccnn3)CC2)s1)c1ccccc1. The van der Waals surface area contributed by atoms with Crippen LogP contribution < -0.4 is 10.6 Å². The summed E-state index contributed by atoms with van der Waals surface area (Å²) in [6.45, 7) is 0. The van der Waals surface area contributed by atoms with Gasteiger partial charge in [-0.3, -0.25) is 10.1 Å². The van der Waals surface area contributed by atoms with Gasteiger partial charge in [0.15, 0.2) is 6.10 Å². The zero-order valence-corrected chi connectivity index (χ0v) is 17.5. The van der Waals surface area contributed by atoms with E-state index in [-0.39, 0.29) is 5.91 Å². The Hall–Kier alpha value is -2.91. The molecule has 1 fully saturated rings. The smallest absolute Gasteiger partial charge is 0.259 e. The molecule has 2 N–H and O–H groups in total. The van der Waals surface area contributed by atoms with Crippen molar-refractivity contribution in [2.24, 2.45) is 0 Å². The summed E-state index contributed by atoms with van der Waals surface area (Å²) in [4.78, 5) is 12.6. The van der Waals surface area contributed by atoms with Gasteiger partial charge in [-0.1, -0.05) is 41.7 Å². The van der Waals surface area contributed by atoms with Crippen LogP contribution in [0.3, 0.4) is 0 Å². The van der Waals surface area contributed by atoms with E-state index in [1.54, 1.807) is 6.20 Å². The molecule has 9 heteroatoms. The average Bonchev–Trinajstić information content (AvgIpc) is 3.23. The molecule has 1 aliphatic carbocycles. The third-order valence-electron chi connectivity index (χ3n) is 5.30. The molecule has 3 aromatic rings. The van der Waals surface area contributed by atoms with Crippen LogP contribution in [0.15, 0.2) is 48.7 Å². The second-order valence-corrected chi connectivity index (χ2v) is 8.25. The molecule has 1 unspecified atom stereocenters. The molecular formula is C21H24N6O2S. The van der Waals surface area contributed by atoms with Crippen LogP contribution in [0, 0.1) is 0 Å². The van der Waals surface area contributed by atoms with Crippen LogP contribution in [0.1, 0.15) is 49.0 Å². The van der Waals surface area contributed by atoms with Gasteiger partial charge in [0.25, 0.3) is 5.91 Å². The molecule has 1 aromatic carbocycles. The van der Waals surface area contributed by atoms with E-state index in [1.807, 2.05) is 42.5 Å². The first-order valence-corrected chi connectivity index (χ1v) is 10.8. The van der Waals surface area contributed by atoms with Crippen molar-refractivity contribution < 1.29 is 9.53 Å². The second kappa shape index (κ2) is 9.73. The molecule has 1 atom stereocenters. The van der Waals surface area contributed by atoms with Crippen LogP contribution in [0.4, 0.5) is 10.3 Å². The zero-order valence-electron chi connectivity index (χ0n) is 16.7. The summed E-state index contributed by atoms with van der Waals surface area (Å²) >= 11 is 1.33. The van der Waals surface area contributed by atoms with Crippen LogP contribution in [-0.4, -0.2) is 39.5 Å². The monoisotopic (exact) mass is 424 g/mol. The number of hydrogen-bond donors (Lipinski definition) is 2. The summed E-state index contributed by atoms with van der Waals surface area (Å²) in [7, 11) is 1.52. The van der Waals surface area contributed by atoms with Gasteiger partial charge in [-0.05, 0) is 43.4 Å². The molecule has 8 nitrogen and oxygen atoms in total. The third-order valence-corrected chi connectivity index (χ3v) is 6.07. The molecule has 1 amide bonds. The van der Waals surface area contributed by atoms with Gasteiger partial charge < -0.3 is 10.1 Å². The van der Waals surface area contributed by atoms with Gasteiger partial charge >= 0.3 is 0 Å². The number of benzene rings is 1. The third kappa shape index (κ3) is 4.98. The molecule has 2 aromatic heterocycles. The van der Waals surface area contributed by atoms with E-state index in [1.165, 1.54) is 18.4 Å². The number of hydrogen-bond acceptors (Lipinski definition) is 8. The Morgan fingerprint density at radius 1 is 1.03 bits per heavy atom. The minimum atomic E-state index is -0.692. The van der Waals surface area contributed by atoms with Crippen LogP contribution in [0.25, 0.3) is 0 Å². The van der Waals surface area contributed by atoms with E-state index in [4.69, 9.17) is 4.74 Å². The number of carbonyl (C=O) groups excluding carboxylic acids is 1. The molecule has 0 radical (unpaired) electrons. The largest absolute Gasteiger partial charge is 0.367 e. The maximum Gasteiger partial charge on any atom is 0.259 e. The summed E-state index contributed by atoms with van der Waals surface area (Å²) < 4.78 is 5.36. The van der Waals surface area contributed by atoms with Gasteiger partial charge in [0.05, 0.1) is 5.69 Å². The Morgan fingerprint density at radius 2 is 1.80 bits per heavy atom. The molecule has 1 aliphatic rings. The van der Waals surface area contributed by atoms with Crippen molar-refractivity contribution in [3.63, 3.8) is 0 Å². The van der Waals surface area contributed by atoms with E-state index < -0.39 is 6.10 Å². The lowest BCUT2D eigenvalue weighted by molar-refractivity contribution is -0.126. The van der Waals surface area contributed by atoms with Gasteiger partial charge in [0.1, 0.15) is 0 Å². The molecular weight excluding hydrogens is 400 g/mol. The summed E-state index contributed by atoms with van der Waals surface area (Å²) in [6.07, 6.45) is 5.20. The standard InChI is InChI=1S/C21H24N6O2S/c1-29-18(15-6-3-2-4-7-15)19(28)24-21-27-26-20(30-21)23-16-11-9-14(10-12-16)17-8-5-13-22-25-17/h2-8,13-14,16,18H,9-12H2,1H3,(H,23,26)(H,24,27,28). The van der Waals surface area contributed by atoms with E-state index in [0.717, 1.165) is 36.9 Å². The molecule has 0 bridgehead atoms. The molecule has 0 aliphatic heterocycles. The van der Waals surface area contributed by atoms with E-state index in [2.05, 4.69) is 31.0 Å². The second-order valence-electron chi connectivity index (χ2n) is 7.27. The normalized spacial score (nSPS) is 19.8. The van der Waals surface area contributed by atoms with E-state index in [0.29, 0.717) is 22.2 Å². The Balaban J connectivity index is 1.30. The number of nitrogens with zero attached hydrogens (tertiary/aromatic N) is 4. The number of carbonyl (C=O) groups is 1. The summed E-state index contributed by atoms with van der Waals surface area (Å²) in [6, 6.07) is 13.7. The van der Waals surface area contributed by atoms with Gasteiger partial charge in [-0.25, -0.2) is 0 Å². The minimum Gasteiger partial charge on any atom is -0.367 e. The fourth-order valence-corrected chi connectivity index (χ4v) is 4.49. The molecule has 1 saturated carbocycles. The summed E-state index contributed by atoms with van der Waals surface area (Å²) in [5.41, 5.74) is 1.86. The van der Waals surface area contributed by atoms with Crippen molar-refractivity contribution >= 4 is 27.5 Å². The number of nitrogens with one attached hydrogen (secondary N) is 2. The lowest BCUT2D eigenvalue weighted by Gasteiger charge is -2.28. The van der Waals surface area contributed by atoms with Crippen LogP contribution in [0.2, 0.25) is 0 Å². The number of aromatic nitrogens is 4. The lowest BCUT2D eigenvalue weighted by atomic mass is 9.84. The van der Waals surface area contributed by atoms with Crippen molar-refractivity contribution in [2.45, 2.75) is 43.7 Å². The van der Waals surface area contributed by atoms with Crippen LogP contribution in [0.5, 0.6) is 0 Å². The number of rotatable bonds is 7. The highest BCUT2D eigenvalue weighted by Crippen LogP contribution is 2.33.